The number of halogens is 1. The van der Waals surface area contributed by atoms with Crippen LogP contribution in [0.25, 0.3) is 0 Å². The van der Waals surface area contributed by atoms with Crippen molar-refractivity contribution in [3.8, 4) is 6.07 Å². The van der Waals surface area contributed by atoms with Gasteiger partial charge in [0.2, 0.25) is 0 Å². The fourth-order valence-electron chi connectivity index (χ4n) is 4.08. The van der Waals surface area contributed by atoms with Gasteiger partial charge in [-0.05, 0) is 59.4 Å². The van der Waals surface area contributed by atoms with Gasteiger partial charge < -0.3 is 5.32 Å². The summed E-state index contributed by atoms with van der Waals surface area (Å²) in [5.74, 6) is -0.614. The van der Waals surface area contributed by atoms with Crippen LogP contribution in [0.1, 0.15) is 43.0 Å². The fraction of sp³-hybridized carbons (Fsp3) is 0.208. The predicted molar refractivity (Wildman–Crippen MR) is 119 cm³/mol. The van der Waals surface area contributed by atoms with Gasteiger partial charge in [-0.1, -0.05) is 44.2 Å². The number of para-hydroxylation sites is 1. The number of nitriles is 1. The van der Waals surface area contributed by atoms with Gasteiger partial charge in [0.25, 0.3) is 10.0 Å². The first kappa shape index (κ1) is 20.9. The topological polar surface area (TPSA) is 82.0 Å². The lowest BCUT2D eigenvalue weighted by molar-refractivity contribution is 0.427. The van der Waals surface area contributed by atoms with Crippen molar-refractivity contribution in [1.29, 1.82) is 5.26 Å². The van der Waals surface area contributed by atoms with Crippen molar-refractivity contribution in [2.24, 2.45) is 0 Å². The number of hydrogen-bond donors (Lipinski definition) is 2. The lowest BCUT2D eigenvalue weighted by Crippen LogP contribution is -2.31. The molecule has 7 heteroatoms. The van der Waals surface area contributed by atoms with Gasteiger partial charge in [0.15, 0.2) is 0 Å². The first-order valence-electron chi connectivity index (χ1n) is 9.88. The number of hydrogen-bond acceptors (Lipinski definition) is 4. The highest BCUT2D eigenvalue weighted by atomic mass is 32.2. The summed E-state index contributed by atoms with van der Waals surface area (Å²) in [6, 6.07) is 19.9. The van der Waals surface area contributed by atoms with E-state index in [2.05, 4.69) is 30.0 Å². The van der Waals surface area contributed by atoms with Crippen molar-refractivity contribution in [2.45, 2.75) is 36.6 Å². The van der Waals surface area contributed by atoms with E-state index in [4.69, 9.17) is 0 Å². The molecule has 1 unspecified atom stereocenters. The van der Waals surface area contributed by atoms with Gasteiger partial charge in [0, 0.05) is 5.69 Å². The Balaban J connectivity index is 1.65. The maximum atomic E-state index is 13.5. The van der Waals surface area contributed by atoms with E-state index < -0.39 is 15.8 Å². The SMILES string of the molecule is CC1(C)CC(c2cccc(NS(=O)(=O)c3cccc(F)c3)c2)Nc2c(C#N)cccc21. The monoisotopic (exact) mass is 435 g/mol. The zero-order valence-corrected chi connectivity index (χ0v) is 18.0. The maximum absolute atomic E-state index is 13.5. The van der Waals surface area contributed by atoms with E-state index in [1.54, 1.807) is 24.3 Å². The molecule has 3 aromatic carbocycles. The summed E-state index contributed by atoms with van der Waals surface area (Å²) >= 11 is 0. The number of fused-ring (bicyclic) bond motifs is 1. The second kappa shape index (κ2) is 7.71. The number of nitrogens with zero attached hydrogens (tertiary/aromatic N) is 1. The second-order valence-electron chi connectivity index (χ2n) is 8.31. The molecule has 1 aliphatic rings. The molecule has 0 saturated carbocycles. The Kier molecular flexibility index (Phi) is 5.19. The summed E-state index contributed by atoms with van der Waals surface area (Å²) in [5, 5.41) is 13.0. The Morgan fingerprint density at radius 2 is 1.84 bits per heavy atom. The zero-order valence-electron chi connectivity index (χ0n) is 17.2. The Morgan fingerprint density at radius 3 is 2.58 bits per heavy atom. The van der Waals surface area contributed by atoms with Gasteiger partial charge in [0.1, 0.15) is 11.9 Å². The molecule has 3 aromatic rings. The van der Waals surface area contributed by atoms with Crippen LogP contribution in [0.4, 0.5) is 15.8 Å². The first-order valence-corrected chi connectivity index (χ1v) is 11.4. The first-order chi connectivity index (χ1) is 14.7. The molecule has 0 fully saturated rings. The molecule has 0 amide bonds. The zero-order chi connectivity index (χ0) is 22.2. The molecule has 0 spiro atoms. The summed E-state index contributed by atoms with van der Waals surface area (Å²) in [6.07, 6.45) is 0.773. The van der Waals surface area contributed by atoms with Crippen molar-refractivity contribution in [3.63, 3.8) is 0 Å². The van der Waals surface area contributed by atoms with Gasteiger partial charge in [-0.2, -0.15) is 5.26 Å². The molecule has 0 bridgehead atoms. The Bertz CT molecular complexity index is 1300. The number of rotatable bonds is 4. The highest BCUT2D eigenvalue weighted by molar-refractivity contribution is 7.92. The van der Waals surface area contributed by atoms with Crippen molar-refractivity contribution in [3.05, 3.63) is 89.2 Å². The van der Waals surface area contributed by atoms with Crippen LogP contribution in [0.2, 0.25) is 0 Å². The second-order valence-corrected chi connectivity index (χ2v) is 10.00. The summed E-state index contributed by atoms with van der Waals surface area (Å²) in [6.45, 7) is 4.27. The average Bonchev–Trinajstić information content (AvgIpc) is 2.73. The van der Waals surface area contributed by atoms with Gasteiger partial charge in [0.05, 0.1) is 22.2 Å². The number of anilines is 2. The molecule has 0 aromatic heterocycles. The van der Waals surface area contributed by atoms with E-state index in [0.29, 0.717) is 11.3 Å². The molecule has 5 nitrogen and oxygen atoms in total. The normalized spacial score (nSPS) is 17.2. The van der Waals surface area contributed by atoms with Crippen molar-refractivity contribution < 1.29 is 12.8 Å². The summed E-state index contributed by atoms with van der Waals surface area (Å²) in [5.41, 5.74) is 3.60. The minimum atomic E-state index is -3.92. The molecule has 1 aliphatic heterocycles. The minimum absolute atomic E-state index is 0.101. The quantitative estimate of drug-likeness (QED) is 0.580. The van der Waals surface area contributed by atoms with E-state index in [1.165, 1.54) is 18.2 Å². The van der Waals surface area contributed by atoms with Crippen LogP contribution < -0.4 is 10.0 Å². The molecular weight excluding hydrogens is 413 g/mol. The lowest BCUT2D eigenvalue weighted by atomic mass is 9.73. The smallest absolute Gasteiger partial charge is 0.261 e. The molecule has 0 aliphatic carbocycles. The molecule has 0 radical (unpaired) electrons. The van der Waals surface area contributed by atoms with E-state index in [1.807, 2.05) is 18.2 Å². The number of benzene rings is 3. The van der Waals surface area contributed by atoms with Crippen molar-refractivity contribution in [1.82, 2.24) is 0 Å². The fourth-order valence-corrected chi connectivity index (χ4v) is 5.16. The minimum Gasteiger partial charge on any atom is -0.377 e. The standard InChI is InChI=1S/C24H22FN3O2S/c1-24(2)14-22(27-23-17(15-26)7-4-11-21(23)24)16-6-3-9-19(12-16)28-31(29,30)20-10-5-8-18(25)13-20/h3-13,22,27-28H,14H2,1-2H3. The molecule has 1 atom stereocenters. The molecular formula is C24H22FN3O2S. The van der Waals surface area contributed by atoms with Crippen LogP contribution in [0.3, 0.4) is 0 Å². The van der Waals surface area contributed by atoms with Gasteiger partial charge in [-0.3, -0.25) is 4.72 Å². The molecule has 158 valence electrons. The summed E-state index contributed by atoms with van der Waals surface area (Å²) in [7, 11) is -3.92. The summed E-state index contributed by atoms with van der Waals surface area (Å²) < 4.78 is 41.3. The number of sulfonamides is 1. The van der Waals surface area contributed by atoms with Crippen molar-refractivity contribution >= 4 is 21.4 Å². The predicted octanol–water partition coefficient (Wildman–Crippen LogP) is 5.33. The van der Waals surface area contributed by atoms with Crippen LogP contribution in [0.5, 0.6) is 0 Å². The van der Waals surface area contributed by atoms with Gasteiger partial charge >= 0.3 is 0 Å². The van der Waals surface area contributed by atoms with Crippen LogP contribution in [0, 0.1) is 17.1 Å². The number of nitrogens with one attached hydrogen (secondary N) is 2. The molecule has 4 rings (SSSR count). The van der Waals surface area contributed by atoms with Crippen LogP contribution in [-0.4, -0.2) is 8.42 Å². The Hall–Kier alpha value is -3.37. The van der Waals surface area contributed by atoms with Crippen LogP contribution in [-0.2, 0) is 15.4 Å². The summed E-state index contributed by atoms with van der Waals surface area (Å²) in [4.78, 5) is -0.137. The highest BCUT2D eigenvalue weighted by Gasteiger charge is 2.34. The third kappa shape index (κ3) is 4.12. The average molecular weight is 436 g/mol. The lowest BCUT2D eigenvalue weighted by Gasteiger charge is -2.39. The third-order valence-corrected chi connectivity index (χ3v) is 6.97. The molecule has 31 heavy (non-hydrogen) atoms. The van der Waals surface area contributed by atoms with E-state index in [9.17, 15) is 18.1 Å². The van der Waals surface area contributed by atoms with Gasteiger partial charge in [-0.15, -0.1) is 0 Å². The van der Waals surface area contributed by atoms with E-state index >= 15 is 0 Å². The Morgan fingerprint density at radius 1 is 1.10 bits per heavy atom. The Labute approximate surface area is 181 Å². The van der Waals surface area contributed by atoms with E-state index in [0.717, 1.165) is 29.3 Å². The largest absolute Gasteiger partial charge is 0.377 e. The van der Waals surface area contributed by atoms with E-state index in [-0.39, 0.29) is 16.4 Å². The van der Waals surface area contributed by atoms with Crippen molar-refractivity contribution in [2.75, 3.05) is 10.0 Å². The molecule has 1 heterocycles. The highest BCUT2D eigenvalue weighted by Crippen LogP contribution is 2.45. The van der Waals surface area contributed by atoms with Crippen LogP contribution >= 0.6 is 0 Å². The molecule has 0 saturated heterocycles. The maximum Gasteiger partial charge on any atom is 0.261 e. The molecule has 2 N–H and O–H groups in total. The van der Waals surface area contributed by atoms with Gasteiger partial charge in [-0.25, -0.2) is 12.8 Å². The van der Waals surface area contributed by atoms with Crippen LogP contribution in [0.15, 0.2) is 71.6 Å². The third-order valence-electron chi connectivity index (χ3n) is 5.59.